The molecule has 0 amide bonds. The number of nitrogen functional groups attached to an aromatic ring is 1. The van der Waals surface area contributed by atoms with Gasteiger partial charge in [0.15, 0.2) is 0 Å². The maximum absolute atomic E-state index is 12.1. The summed E-state index contributed by atoms with van der Waals surface area (Å²) in [5.74, 6) is 1.17. The number of anilines is 1. The lowest BCUT2D eigenvalue weighted by molar-refractivity contribution is 0.574. The van der Waals surface area contributed by atoms with Crippen molar-refractivity contribution < 1.29 is 8.42 Å². The van der Waals surface area contributed by atoms with Gasteiger partial charge in [-0.05, 0) is 59.0 Å². The number of thioether (sulfide) groups is 1. The number of sulfonamides is 1. The zero-order valence-electron chi connectivity index (χ0n) is 11.6. The molecule has 0 aliphatic heterocycles. The van der Waals surface area contributed by atoms with Crippen molar-refractivity contribution in [3.8, 4) is 0 Å². The van der Waals surface area contributed by atoms with Crippen LogP contribution >= 0.6 is 27.7 Å². The van der Waals surface area contributed by atoms with E-state index in [2.05, 4.69) is 26.9 Å². The predicted octanol–water partition coefficient (Wildman–Crippen LogP) is 3.23. The smallest absolute Gasteiger partial charge is 0.240 e. The van der Waals surface area contributed by atoms with Crippen molar-refractivity contribution in [1.82, 2.24) is 4.72 Å². The topological polar surface area (TPSA) is 72.2 Å². The summed E-state index contributed by atoms with van der Waals surface area (Å²) >= 11 is 5.08. The molecule has 1 aromatic rings. The van der Waals surface area contributed by atoms with Crippen LogP contribution in [-0.2, 0) is 10.0 Å². The molecule has 0 heterocycles. The molecule has 0 atom stereocenters. The molecule has 0 aliphatic rings. The molecule has 0 saturated heterocycles. The number of halogens is 1. The summed E-state index contributed by atoms with van der Waals surface area (Å²) in [6.07, 6.45) is 6.35. The van der Waals surface area contributed by atoms with Gasteiger partial charge in [0.1, 0.15) is 0 Å². The van der Waals surface area contributed by atoms with E-state index in [-0.39, 0.29) is 4.90 Å². The van der Waals surface area contributed by atoms with E-state index in [9.17, 15) is 8.42 Å². The fourth-order valence-electron chi connectivity index (χ4n) is 1.69. The van der Waals surface area contributed by atoms with Crippen molar-refractivity contribution in [1.29, 1.82) is 0 Å². The van der Waals surface area contributed by atoms with Gasteiger partial charge in [0.05, 0.1) is 4.90 Å². The van der Waals surface area contributed by atoms with E-state index in [1.807, 2.05) is 11.8 Å². The third-order valence-electron chi connectivity index (χ3n) is 2.85. The normalized spacial score (nSPS) is 11.7. The zero-order valence-corrected chi connectivity index (χ0v) is 14.8. The first-order valence-corrected chi connectivity index (χ1v) is 10.2. The van der Waals surface area contributed by atoms with Crippen LogP contribution in [0.15, 0.2) is 27.6 Å². The summed E-state index contributed by atoms with van der Waals surface area (Å²) in [5, 5.41) is 0. The van der Waals surface area contributed by atoms with Gasteiger partial charge in [-0.1, -0.05) is 12.8 Å². The molecule has 7 heteroatoms. The summed E-state index contributed by atoms with van der Waals surface area (Å²) in [7, 11) is -3.44. The Morgan fingerprint density at radius 1 is 1.25 bits per heavy atom. The Morgan fingerprint density at radius 2 is 1.95 bits per heavy atom. The third-order valence-corrected chi connectivity index (χ3v) is 5.69. The highest BCUT2D eigenvalue weighted by molar-refractivity contribution is 9.10. The molecule has 20 heavy (non-hydrogen) atoms. The summed E-state index contributed by atoms with van der Waals surface area (Å²) < 4.78 is 27.3. The Kier molecular flexibility index (Phi) is 7.94. The monoisotopic (exact) mass is 380 g/mol. The van der Waals surface area contributed by atoms with Gasteiger partial charge in [0.2, 0.25) is 10.0 Å². The minimum absolute atomic E-state index is 0.237. The SMILES string of the molecule is CSCCCCCCNS(=O)(=O)c1ccc(N)c(Br)c1. The van der Waals surface area contributed by atoms with Crippen molar-refractivity contribution in [2.24, 2.45) is 0 Å². The number of unbranched alkanes of at least 4 members (excludes halogenated alkanes) is 3. The summed E-state index contributed by atoms with van der Waals surface area (Å²) in [6, 6.07) is 4.62. The van der Waals surface area contributed by atoms with Gasteiger partial charge < -0.3 is 5.73 Å². The average Bonchev–Trinajstić information content (AvgIpc) is 2.40. The van der Waals surface area contributed by atoms with E-state index in [0.717, 1.165) is 19.3 Å². The molecule has 0 spiro atoms. The third kappa shape index (κ3) is 6.03. The van der Waals surface area contributed by atoms with E-state index < -0.39 is 10.0 Å². The van der Waals surface area contributed by atoms with Crippen LogP contribution in [0, 0.1) is 0 Å². The second-order valence-electron chi connectivity index (χ2n) is 4.49. The van der Waals surface area contributed by atoms with Crippen LogP contribution in [0.1, 0.15) is 25.7 Å². The van der Waals surface area contributed by atoms with E-state index in [1.165, 1.54) is 24.3 Å². The first kappa shape index (κ1) is 17.8. The van der Waals surface area contributed by atoms with Gasteiger partial charge in [-0.25, -0.2) is 13.1 Å². The van der Waals surface area contributed by atoms with E-state index in [4.69, 9.17) is 5.73 Å². The summed E-state index contributed by atoms with van der Waals surface area (Å²) in [5.41, 5.74) is 6.17. The number of hydrogen-bond donors (Lipinski definition) is 2. The molecule has 0 aromatic heterocycles. The van der Waals surface area contributed by atoms with Gasteiger partial charge in [-0.2, -0.15) is 11.8 Å². The van der Waals surface area contributed by atoms with Crippen molar-refractivity contribution in [2.45, 2.75) is 30.6 Å². The zero-order chi connectivity index (χ0) is 15.0. The summed E-state index contributed by atoms with van der Waals surface area (Å²) in [6.45, 7) is 0.476. The fourth-order valence-corrected chi connectivity index (χ4v) is 3.81. The van der Waals surface area contributed by atoms with Crippen molar-refractivity contribution >= 4 is 43.4 Å². The maximum atomic E-state index is 12.1. The highest BCUT2D eigenvalue weighted by Gasteiger charge is 2.14. The molecule has 0 fully saturated rings. The lowest BCUT2D eigenvalue weighted by Gasteiger charge is -2.08. The molecule has 3 N–H and O–H groups in total. The van der Waals surface area contributed by atoms with Crippen molar-refractivity contribution in [2.75, 3.05) is 24.3 Å². The molecule has 0 saturated carbocycles. The summed E-state index contributed by atoms with van der Waals surface area (Å²) in [4.78, 5) is 0.237. The number of hydrogen-bond acceptors (Lipinski definition) is 4. The Balaban J connectivity index is 2.40. The minimum atomic E-state index is -3.44. The largest absolute Gasteiger partial charge is 0.398 e. The van der Waals surface area contributed by atoms with Crippen LogP contribution in [0.5, 0.6) is 0 Å². The van der Waals surface area contributed by atoms with Crippen LogP contribution in [0.4, 0.5) is 5.69 Å². The van der Waals surface area contributed by atoms with Crippen LogP contribution in [0.25, 0.3) is 0 Å². The molecule has 0 unspecified atom stereocenters. The quantitative estimate of drug-likeness (QED) is 0.509. The highest BCUT2D eigenvalue weighted by atomic mass is 79.9. The van der Waals surface area contributed by atoms with Crippen LogP contribution in [0.3, 0.4) is 0 Å². The van der Waals surface area contributed by atoms with E-state index >= 15 is 0 Å². The number of benzene rings is 1. The lowest BCUT2D eigenvalue weighted by Crippen LogP contribution is -2.24. The highest BCUT2D eigenvalue weighted by Crippen LogP contribution is 2.22. The molecule has 0 aliphatic carbocycles. The van der Waals surface area contributed by atoms with Crippen LogP contribution in [0.2, 0.25) is 0 Å². The molecule has 0 radical (unpaired) electrons. The Hall–Kier alpha value is -0.240. The second-order valence-corrected chi connectivity index (χ2v) is 8.09. The van der Waals surface area contributed by atoms with Crippen molar-refractivity contribution in [3.05, 3.63) is 22.7 Å². The molecule has 0 bridgehead atoms. The van der Waals surface area contributed by atoms with Crippen LogP contribution in [-0.4, -0.2) is 27.0 Å². The number of rotatable bonds is 9. The van der Waals surface area contributed by atoms with Gasteiger partial charge in [0, 0.05) is 16.7 Å². The molecular weight excluding hydrogens is 360 g/mol. The number of nitrogens with one attached hydrogen (secondary N) is 1. The van der Waals surface area contributed by atoms with Gasteiger partial charge in [0.25, 0.3) is 0 Å². The Labute approximate surface area is 134 Å². The molecule has 114 valence electrons. The van der Waals surface area contributed by atoms with Gasteiger partial charge in [-0.3, -0.25) is 0 Å². The predicted molar refractivity (Wildman–Crippen MR) is 90.6 cm³/mol. The lowest BCUT2D eigenvalue weighted by atomic mass is 10.2. The Bertz CT molecular complexity index is 521. The van der Waals surface area contributed by atoms with Gasteiger partial charge >= 0.3 is 0 Å². The first-order chi connectivity index (χ1) is 9.47. The standard InChI is InChI=1S/C13H21BrN2O2S2/c1-19-9-5-3-2-4-8-16-20(17,18)11-6-7-13(15)12(14)10-11/h6-7,10,16H,2-5,8-9,15H2,1H3. The maximum Gasteiger partial charge on any atom is 0.240 e. The molecule has 1 aromatic carbocycles. The minimum Gasteiger partial charge on any atom is -0.398 e. The molecule has 4 nitrogen and oxygen atoms in total. The Morgan fingerprint density at radius 3 is 2.60 bits per heavy atom. The van der Waals surface area contributed by atoms with E-state index in [0.29, 0.717) is 16.7 Å². The van der Waals surface area contributed by atoms with Crippen LogP contribution < -0.4 is 10.5 Å². The second kappa shape index (κ2) is 8.92. The molecule has 1 rings (SSSR count). The molecular formula is C13H21BrN2O2S2. The van der Waals surface area contributed by atoms with Crippen molar-refractivity contribution in [3.63, 3.8) is 0 Å². The average molecular weight is 381 g/mol. The van der Waals surface area contributed by atoms with Gasteiger partial charge in [-0.15, -0.1) is 0 Å². The van der Waals surface area contributed by atoms with E-state index in [1.54, 1.807) is 6.07 Å². The fraction of sp³-hybridized carbons (Fsp3) is 0.538. The first-order valence-electron chi connectivity index (χ1n) is 6.51. The number of nitrogens with two attached hydrogens (primary N) is 1.